The summed E-state index contributed by atoms with van der Waals surface area (Å²) in [5.41, 5.74) is 25.0. The molecule has 4 aliphatic rings. The van der Waals surface area contributed by atoms with Crippen LogP contribution in [0.1, 0.15) is 54.9 Å². The van der Waals surface area contributed by atoms with Gasteiger partial charge in [-0.05, 0) is 67.2 Å². The number of carbonyl (C=O) groups is 5. The number of hydrogen-bond donors (Lipinski definition) is 14. The molecule has 2 amide bonds. The van der Waals surface area contributed by atoms with Crippen LogP contribution in [0.5, 0.6) is 23.0 Å². The topological polar surface area (TPSA) is 424 Å². The van der Waals surface area contributed by atoms with Gasteiger partial charge in [-0.25, -0.2) is 0 Å². The van der Waals surface area contributed by atoms with E-state index in [9.17, 15) is 24.0 Å². The van der Waals surface area contributed by atoms with Crippen molar-refractivity contribution >= 4 is 58.8 Å². The number of carboxylic acid groups (broad SMARTS) is 1. The second-order valence-corrected chi connectivity index (χ2v) is 20.6. The highest BCUT2D eigenvalue weighted by Gasteiger charge is 2.38. The zero-order valence-corrected chi connectivity index (χ0v) is 49.0. The van der Waals surface area contributed by atoms with E-state index in [0.717, 1.165) is 12.2 Å². The lowest BCUT2D eigenvalue weighted by molar-refractivity contribution is -0.147. The average molecular weight is 1210 g/mol. The Bertz CT molecular complexity index is 3240. The Hall–Kier alpha value is -9.89. The van der Waals surface area contributed by atoms with Gasteiger partial charge in [-0.15, -0.1) is 0 Å². The zero-order valence-electron chi connectivity index (χ0n) is 49.0. The molecule has 9 rings (SSSR count). The third-order valence-electron chi connectivity index (χ3n) is 14.0. The molecule has 4 fully saturated rings. The van der Waals surface area contributed by atoms with Gasteiger partial charge in [-0.2, -0.15) is 0 Å². The summed E-state index contributed by atoms with van der Waals surface area (Å²) in [5.74, 6) is 0.472. The lowest BCUT2D eigenvalue weighted by Gasteiger charge is -2.20. The van der Waals surface area contributed by atoms with Crippen molar-refractivity contribution in [3.05, 3.63) is 162 Å². The molecule has 0 aromatic heterocycles. The molecule has 0 saturated carbocycles. The maximum atomic E-state index is 12.3. The number of ether oxygens (including phenoxy) is 6. The first-order chi connectivity index (χ1) is 42.2. The summed E-state index contributed by atoms with van der Waals surface area (Å²) in [6, 6.07) is 36.2. The number of esters is 2. The number of aliphatic carboxylic acids is 1. The number of likely N-dealkylation sites (N-methyl/N-ethyl adjacent to an activating group) is 1. The molecule has 0 aliphatic carbocycles. The van der Waals surface area contributed by atoms with E-state index >= 15 is 0 Å². The van der Waals surface area contributed by atoms with Gasteiger partial charge in [0.25, 0.3) is 0 Å². The van der Waals surface area contributed by atoms with Crippen LogP contribution in [-0.2, 0) is 33.4 Å². The molecule has 0 bridgehead atoms. The smallest absolute Gasteiger partial charge is 0.323 e. The number of likely N-dealkylation sites (tertiary alicyclic amines) is 1. The first-order valence-corrected chi connectivity index (χ1v) is 28.3. The van der Waals surface area contributed by atoms with Gasteiger partial charge in [0.1, 0.15) is 96.0 Å². The van der Waals surface area contributed by atoms with Crippen molar-refractivity contribution in [1.82, 2.24) is 26.2 Å². The SMILES string of the molecule is C=CCOC(=O)[C@@H]1C[C@@H](Oc2cccc(C(=N)N)c2)CN1CC.COC(=O)[C@@H]1C[C@@H](Oc2cccc(C(=N)N)c2)CN1.N=C(N)c1cccc(O[C@H]2CN[C@H](C(=O)NCC(=O)O)C2)c1.N=C(N)c1cccc(O[C@H]2CN[C@H](C(=O)Nc3ccccc3)C2)c1. The number of nitrogen functional groups attached to an aromatic ring is 4. The number of carboxylic acids is 1. The summed E-state index contributed by atoms with van der Waals surface area (Å²) >= 11 is 0. The van der Waals surface area contributed by atoms with E-state index in [1.807, 2.05) is 54.3 Å². The standard InChI is InChI=1S/C18H20N4O2.C17H23N3O3.C14H18N4O4.C13H17N3O3/c19-17(20)12-5-4-8-14(9-12)24-15-10-16(21-11-15)18(23)22-13-6-2-1-3-7-13;1-3-8-22-17(21)15-10-14(11-20(15)4-2)23-13-7-5-6-12(9-13)16(18)19;15-13(16)8-2-1-3-9(4-8)22-10-5-11(17-6-10)14(21)18-7-12(19)20;1-18-13(17)11-6-10(7-16-11)19-9-4-2-3-8(5-9)12(14)15/h1-9,15-16,21H,10-11H2,(H3,19,20)(H,22,23);3,5-7,9,14-15H,1,4,8,10-11H2,2H3,(H3,18,19);1-4,10-11,17H,5-7H2,(H3,15,16)(H,18,21)(H,19,20);2-5,10-11,16H,6-7H2,1H3,(H3,14,15)/t15-,16+;14-,15+;2*10-,11+/m1111/s1. The Morgan fingerprint density at radius 3 is 1.39 bits per heavy atom. The molecule has 468 valence electrons. The van der Waals surface area contributed by atoms with Gasteiger partial charge in [0.2, 0.25) is 11.8 Å². The van der Waals surface area contributed by atoms with Gasteiger partial charge in [0.05, 0.1) is 19.2 Å². The molecule has 18 N–H and O–H groups in total. The Kier molecular flexibility index (Phi) is 25.8. The minimum Gasteiger partial charge on any atom is -0.489 e. The third-order valence-corrected chi connectivity index (χ3v) is 14.0. The monoisotopic (exact) mass is 1210 g/mol. The fourth-order valence-corrected chi connectivity index (χ4v) is 9.63. The number of nitrogens with zero attached hydrogens (tertiary/aromatic N) is 1. The number of methoxy groups -OCH3 is 1. The zero-order chi connectivity index (χ0) is 63.7. The van der Waals surface area contributed by atoms with Crippen LogP contribution in [0.3, 0.4) is 0 Å². The number of nitrogens with two attached hydrogens (primary N) is 4. The first kappa shape index (κ1) is 67.2. The number of amides is 2. The molecular formula is C62H78N14O12. The number of benzene rings is 5. The van der Waals surface area contributed by atoms with E-state index in [-0.39, 0.29) is 96.2 Å². The van der Waals surface area contributed by atoms with Crippen molar-refractivity contribution in [1.29, 1.82) is 21.6 Å². The lowest BCUT2D eigenvalue weighted by Crippen LogP contribution is -2.42. The Labute approximate surface area is 510 Å². The Balaban J connectivity index is 0.000000188. The van der Waals surface area contributed by atoms with E-state index in [1.165, 1.54) is 7.11 Å². The highest BCUT2D eigenvalue weighted by atomic mass is 16.5. The van der Waals surface area contributed by atoms with Gasteiger partial charge in [-0.1, -0.05) is 86.3 Å². The first-order valence-electron chi connectivity index (χ1n) is 28.3. The molecule has 8 atom stereocenters. The fourth-order valence-electron chi connectivity index (χ4n) is 9.63. The van der Waals surface area contributed by atoms with Crippen molar-refractivity contribution in [3.8, 4) is 23.0 Å². The summed E-state index contributed by atoms with van der Waals surface area (Å²) < 4.78 is 33.2. The van der Waals surface area contributed by atoms with Crippen molar-refractivity contribution in [2.45, 2.75) is 81.2 Å². The molecule has 88 heavy (non-hydrogen) atoms. The van der Waals surface area contributed by atoms with Crippen LogP contribution in [0.4, 0.5) is 5.69 Å². The third kappa shape index (κ3) is 21.3. The van der Waals surface area contributed by atoms with Crippen LogP contribution in [0.2, 0.25) is 0 Å². The van der Waals surface area contributed by atoms with E-state index in [4.69, 9.17) is 73.4 Å². The molecule has 0 spiro atoms. The second kappa shape index (κ2) is 33.7. The minimum absolute atomic E-state index is 0.00225. The van der Waals surface area contributed by atoms with Crippen LogP contribution < -0.4 is 68.5 Å². The van der Waals surface area contributed by atoms with Crippen LogP contribution in [0, 0.1) is 21.6 Å². The van der Waals surface area contributed by atoms with Crippen molar-refractivity contribution in [2.75, 3.05) is 58.3 Å². The van der Waals surface area contributed by atoms with Gasteiger partial charge in [-0.3, -0.25) is 50.5 Å². The fraction of sp³-hybridized carbons (Fsp3) is 0.339. The number of hydrogen-bond acceptors (Lipinski definition) is 19. The number of carbonyl (C=O) groups excluding carboxylic acids is 4. The predicted molar refractivity (Wildman–Crippen MR) is 331 cm³/mol. The van der Waals surface area contributed by atoms with Crippen LogP contribution >= 0.6 is 0 Å². The molecule has 0 radical (unpaired) electrons. The molecule has 4 heterocycles. The molecule has 5 aromatic carbocycles. The van der Waals surface area contributed by atoms with Gasteiger partial charge < -0.3 is 83.0 Å². The number of nitrogens with one attached hydrogen (secondary N) is 9. The normalized spacial score (nSPS) is 20.7. The minimum atomic E-state index is -1.08. The predicted octanol–water partition coefficient (Wildman–Crippen LogP) is 2.79. The second-order valence-electron chi connectivity index (χ2n) is 20.6. The summed E-state index contributed by atoms with van der Waals surface area (Å²) in [7, 11) is 1.37. The molecule has 26 heteroatoms. The number of rotatable bonds is 22. The van der Waals surface area contributed by atoms with Crippen LogP contribution in [0.25, 0.3) is 0 Å². The number of para-hydroxylation sites is 1. The summed E-state index contributed by atoms with van der Waals surface area (Å²) in [4.78, 5) is 60.0. The van der Waals surface area contributed by atoms with Crippen LogP contribution in [0.15, 0.2) is 140 Å². The maximum absolute atomic E-state index is 12.3. The summed E-state index contributed by atoms with van der Waals surface area (Å²) in [5, 5.41) is 52.7. The van der Waals surface area contributed by atoms with E-state index < -0.39 is 18.6 Å². The number of amidine groups is 4. The molecule has 4 saturated heterocycles. The molecule has 5 aromatic rings. The van der Waals surface area contributed by atoms with Crippen molar-refractivity contribution in [2.24, 2.45) is 22.9 Å². The van der Waals surface area contributed by atoms with Gasteiger partial charge >= 0.3 is 17.9 Å². The molecule has 4 aliphatic heterocycles. The van der Waals surface area contributed by atoms with Gasteiger partial charge in [0, 0.05) is 79.8 Å². The van der Waals surface area contributed by atoms with Crippen molar-refractivity contribution in [3.63, 3.8) is 0 Å². The van der Waals surface area contributed by atoms with Crippen molar-refractivity contribution < 1.29 is 57.5 Å². The van der Waals surface area contributed by atoms with Gasteiger partial charge in [0.15, 0.2) is 0 Å². The summed E-state index contributed by atoms with van der Waals surface area (Å²) in [6.07, 6.45) is 3.24. The molecule has 0 unspecified atom stereocenters. The Morgan fingerprint density at radius 1 is 0.580 bits per heavy atom. The average Bonchev–Trinajstić information content (AvgIpc) is 4.59. The Morgan fingerprint density at radius 2 is 0.989 bits per heavy atom. The van der Waals surface area contributed by atoms with E-state index in [0.29, 0.717) is 97.1 Å². The summed E-state index contributed by atoms with van der Waals surface area (Å²) in [6.45, 7) is 8.45. The van der Waals surface area contributed by atoms with Crippen LogP contribution in [-0.4, -0.2) is 165 Å². The highest BCUT2D eigenvalue weighted by Crippen LogP contribution is 2.26. The molecule has 26 nitrogen and oxygen atoms in total. The quantitative estimate of drug-likeness (QED) is 0.0205. The van der Waals surface area contributed by atoms with E-state index in [1.54, 1.807) is 91.0 Å². The number of anilines is 1. The molecular weight excluding hydrogens is 1130 g/mol. The highest BCUT2D eigenvalue weighted by molar-refractivity contribution is 5.97. The van der Waals surface area contributed by atoms with E-state index in [2.05, 4.69) is 37.9 Å². The lowest BCUT2D eigenvalue weighted by atomic mass is 10.1. The maximum Gasteiger partial charge on any atom is 0.323 e. The largest absolute Gasteiger partial charge is 0.489 e.